The number of aliphatic hydroxyl groups is 2. The largest absolute Gasteiger partial charge is 0.463 e. The van der Waals surface area contributed by atoms with E-state index >= 15 is 0 Å². The van der Waals surface area contributed by atoms with Crippen LogP contribution in [0.3, 0.4) is 0 Å². The van der Waals surface area contributed by atoms with Gasteiger partial charge in [-0.05, 0) is 91.8 Å². The van der Waals surface area contributed by atoms with E-state index in [9.17, 15) is 19.8 Å². The van der Waals surface area contributed by atoms with E-state index in [-0.39, 0.29) is 35.4 Å². The molecule has 16 atom stereocenters. The molecular formula is C37H56O10. The average molecular weight is 661 g/mol. The fraction of sp³-hybridized carbons (Fsp3) is 0.892. The van der Waals surface area contributed by atoms with Gasteiger partial charge in [-0.2, -0.15) is 0 Å². The summed E-state index contributed by atoms with van der Waals surface area (Å²) >= 11 is 0. The van der Waals surface area contributed by atoms with Crippen molar-refractivity contribution in [1.82, 2.24) is 0 Å². The van der Waals surface area contributed by atoms with Crippen LogP contribution in [0.4, 0.5) is 0 Å². The summed E-state index contributed by atoms with van der Waals surface area (Å²) < 4.78 is 36.2. The predicted octanol–water partition coefficient (Wildman–Crippen LogP) is 4.68. The Balaban J connectivity index is 1.04. The summed E-state index contributed by atoms with van der Waals surface area (Å²) in [6, 6.07) is 0. The second-order valence-corrected chi connectivity index (χ2v) is 16.7. The number of fused-ring (bicyclic) bond motifs is 7. The van der Waals surface area contributed by atoms with Crippen LogP contribution in [-0.4, -0.2) is 84.1 Å². The minimum absolute atomic E-state index is 0.0957. The molecule has 0 bridgehead atoms. The molecule has 3 saturated heterocycles. The monoisotopic (exact) mass is 660 g/mol. The number of allylic oxidation sites excluding steroid dienone is 1. The Bertz CT molecular complexity index is 1240. The van der Waals surface area contributed by atoms with E-state index in [2.05, 4.69) is 33.8 Å². The van der Waals surface area contributed by atoms with Gasteiger partial charge in [-0.15, -0.1) is 0 Å². The van der Waals surface area contributed by atoms with Gasteiger partial charge in [0.05, 0.1) is 18.8 Å². The maximum atomic E-state index is 11.8. The van der Waals surface area contributed by atoms with Crippen molar-refractivity contribution in [2.45, 2.75) is 148 Å². The van der Waals surface area contributed by atoms with Gasteiger partial charge in [-0.1, -0.05) is 39.3 Å². The fourth-order valence-electron chi connectivity index (χ4n) is 11.6. The van der Waals surface area contributed by atoms with E-state index in [1.165, 1.54) is 38.7 Å². The number of esters is 2. The van der Waals surface area contributed by atoms with Crippen LogP contribution in [0.1, 0.15) is 99.3 Å². The molecule has 0 aromatic carbocycles. The van der Waals surface area contributed by atoms with Gasteiger partial charge in [0.1, 0.15) is 24.9 Å². The van der Waals surface area contributed by atoms with E-state index in [1.807, 2.05) is 0 Å². The van der Waals surface area contributed by atoms with Gasteiger partial charge in [-0.25, -0.2) is 0 Å². The summed E-state index contributed by atoms with van der Waals surface area (Å²) in [4.78, 5) is 23.2. The second-order valence-electron chi connectivity index (χ2n) is 16.7. The Labute approximate surface area is 279 Å². The summed E-state index contributed by atoms with van der Waals surface area (Å²) in [5, 5.41) is 21.8. The number of hydrogen-bond donors (Lipinski definition) is 2. The summed E-state index contributed by atoms with van der Waals surface area (Å²) in [7, 11) is 0. The minimum Gasteiger partial charge on any atom is -0.463 e. The van der Waals surface area contributed by atoms with Crippen LogP contribution in [0.15, 0.2) is 11.6 Å². The van der Waals surface area contributed by atoms with Gasteiger partial charge in [0.15, 0.2) is 18.2 Å². The lowest BCUT2D eigenvalue weighted by Crippen LogP contribution is -2.61. The van der Waals surface area contributed by atoms with E-state index in [0.717, 1.165) is 45.1 Å². The topological polar surface area (TPSA) is 130 Å². The Kier molecular flexibility index (Phi) is 8.90. The van der Waals surface area contributed by atoms with Crippen LogP contribution in [0.5, 0.6) is 0 Å². The van der Waals surface area contributed by atoms with Crippen LogP contribution in [0.2, 0.25) is 0 Å². The van der Waals surface area contributed by atoms with Crippen molar-refractivity contribution >= 4 is 11.9 Å². The first-order valence-corrected chi connectivity index (χ1v) is 18.2. The van der Waals surface area contributed by atoms with Gasteiger partial charge in [0, 0.05) is 26.2 Å². The lowest BCUT2D eigenvalue weighted by Gasteiger charge is -2.58. The average Bonchev–Trinajstić information content (AvgIpc) is 3.47. The molecule has 10 heteroatoms. The molecule has 264 valence electrons. The molecule has 0 radical (unpaired) electrons. The molecule has 0 unspecified atom stereocenters. The molecule has 7 rings (SSSR count). The highest BCUT2D eigenvalue weighted by Crippen LogP contribution is 2.70. The molecule has 10 nitrogen and oxygen atoms in total. The van der Waals surface area contributed by atoms with Gasteiger partial charge >= 0.3 is 11.9 Å². The number of ether oxygens (including phenoxy) is 6. The third-order valence-corrected chi connectivity index (χ3v) is 14.0. The van der Waals surface area contributed by atoms with Crippen molar-refractivity contribution in [3.8, 4) is 0 Å². The SMILES string of the molecule is CC(=O)OC[C@H]1O[C@@H](O[C@H]2CC[C@@]3(C)C(=CC[C@H]4[C@@H]5C[C@@H]6O[C@]7(CC[C@@H](C)CO7)[C@@H](C)[C@@H]6[C@@]5(C)CC[C@@H]43)C2)[C@H](O)[C@@H](OC(C)=O)[C@@H]1O. The highest BCUT2D eigenvalue weighted by molar-refractivity contribution is 5.66. The molecular weight excluding hydrogens is 604 g/mol. The molecule has 7 aliphatic rings. The number of carbonyl (C=O) groups is 2. The highest BCUT2D eigenvalue weighted by atomic mass is 16.7. The Morgan fingerprint density at radius 2 is 1.79 bits per heavy atom. The molecule has 1 spiro atoms. The number of hydrogen-bond acceptors (Lipinski definition) is 10. The molecule has 2 N–H and O–H groups in total. The summed E-state index contributed by atoms with van der Waals surface area (Å²) in [6.45, 7) is 12.8. The van der Waals surface area contributed by atoms with E-state index in [1.54, 1.807) is 0 Å². The van der Waals surface area contributed by atoms with Gasteiger partial charge in [0.25, 0.3) is 0 Å². The van der Waals surface area contributed by atoms with Gasteiger partial charge < -0.3 is 38.6 Å². The number of aliphatic hydroxyl groups excluding tert-OH is 2. The first-order valence-electron chi connectivity index (χ1n) is 18.2. The lowest BCUT2D eigenvalue weighted by atomic mass is 9.47. The number of rotatable bonds is 5. The van der Waals surface area contributed by atoms with Crippen LogP contribution < -0.4 is 0 Å². The predicted molar refractivity (Wildman–Crippen MR) is 169 cm³/mol. The number of carbonyl (C=O) groups excluding carboxylic acids is 2. The van der Waals surface area contributed by atoms with Crippen molar-refractivity contribution in [3.63, 3.8) is 0 Å². The molecule has 3 saturated carbocycles. The van der Waals surface area contributed by atoms with Crippen LogP contribution in [0, 0.1) is 46.3 Å². The first kappa shape index (κ1) is 33.9. The zero-order valence-electron chi connectivity index (χ0n) is 29.0. The standard InChI is InChI=1S/C37H56O10/c1-19-9-14-37(43-17-19)20(2)30-28(47-37)16-27-25-8-7-23-15-24(10-12-35(23,5)26(25)11-13-36(27,30)6)45-34-32(41)33(44-22(4)39)31(40)29(46-34)18-42-21(3)38/h7,19-20,24-34,40-41H,8-18H2,1-6H3/t19-,20+,24+,25-,26+,27+,28+,29-,30+,31-,32-,33+,34-,35+,36+,37-/m1/s1. The first-order chi connectivity index (χ1) is 22.3. The van der Waals surface area contributed by atoms with Crippen molar-refractivity contribution in [2.24, 2.45) is 46.3 Å². The van der Waals surface area contributed by atoms with E-state index in [0.29, 0.717) is 35.5 Å². The lowest BCUT2D eigenvalue weighted by molar-refractivity contribution is -0.315. The maximum Gasteiger partial charge on any atom is 0.303 e. The molecule has 3 heterocycles. The fourth-order valence-corrected chi connectivity index (χ4v) is 11.6. The van der Waals surface area contributed by atoms with E-state index < -0.39 is 42.6 Å². The highest BCUT2D eigenvalue weighted by Gasteiger charge is 2.68. The molecule has 0 amide bonds. The van der Waals surface area contributed by atoms with Gasteiger partial charge in [-0.3, -0.25) is 9.59 Å². The quantitative estimate of drug-likeness (QED) is 0.317. The van der Waals surface area contributed by atoms with E-state index in [4.69, 9.17) is 28.4 Å². The normalized spacial score (nSPS) is 52.1. The third-order valence-electron chi connectivity index (χ3n) is 14.0. The van der Waals surface area contributed by atoms with Crippen LogP contribution >= 0.6 is 0 Å². The molecule has 3 aliphatic heterocycles. The smallest absolute Gasteiger partial charge is 0.303 e. The summed E-state index contributed by atoms with van der Waals surface area (Å²) in [5.41, 5.74) is 1.80. The molecule has 6 fully saturated rings. The summed E-state index contributed by atoms with van der Waals surface area (Å²) in [6.07, 6.45) is 5.83. The zero-order valence-corrected chi connectivity index (χ0v) is 29.0. The Morgan fingerprint density at radius 1 is 1.00 bits per heavy atom. The van der Waals surface area contributed by atoms with Gasteiger partial charge in [0.2, 0.25) is 0 Å². The molecule has 0 aromatic heterocycles. The Morgan fingerprint density at radius 3 is 2.49 bits per heavy atom. The van der Waals surface area contributed by atoms with Crippen LogP contribution in [-0.2, 0) is 38.0 Å². The molecule has 47 heavy (non-hydrogen) atoms. The minimum atomic E-state index is -1.38. The van der Waals surface area contributed by atoms with Crippen molar-refractivity contribution in [2.75, 3.05) is 13.2 Å². The second kappa shape index (κ2) is 12.3. The molecule has 4 aliphatic carbocycles. The van der Waals surface area contributed by atoms with Crippen molar-refractivity contribution < 1.29 is 48.2 Å². The summed E-state index contributed by atoms with van der Waals surface area (Å²) in [5.74, 6) is 1.92. The van der Waals surface area contributed by atoms with Crippen molar-refractivity contribution in [1.29, 1.82) is 0 Å². The zero-order chi connectivity index (χ0) is 33.5. The third kappa shape index (κ3) is 5.61. The Hall–Kier alpha value is -1.56. The van der Waals surface area contributed by atoms with Crippen molar-refractivity contribution in [3.05, 3.63) is 11.6 Å². The molecule has 0 aromatic rings. The maximum absolute atomic E-state index is 11.8. The van der Waals surface area contributed by atoms with Crippen LogP contribution in [0.25, 0.3) is 0 Å².